The Balaban J connectivity index is 0.000000354. The summed E-state index contributed by atoms with van der Waals surface area (Å²) < 4.78 is 12.0. The molecule has 1 aromatic rings. The van der Waals surface area contributed by atoms with Gasteiger partial charge in [0.15, 0.2) is 0 Å². The third kappa shape index (κ3) is 3.18. The minimum Gasteiger partial charge on any atom is -0.311 e. The van der Waals surface area contributed by atoms with Crippen molar-refractivity contribution >= 4 is 0 Å². The van der Waals surface area contributed by atoms with Crippen LogP contribution >= 0.6 is 0 Å². The summed E-state index contributed by atoms with van der Waals surface area (Å²) >= 11 is 0. The molecule has 8 heteroatoms. The van der Waals surface area contributed by atoms with Crippen LogP contribution in [0.1, 0.15) is 0 Å². The smallest absolute Gasteiger partial charge is 0.311 e. The van der Waals surface area contributed by atoms with E-state index in [1.54, 1.807) is 4.98 Å². The molecule has 0 aliphatic rings. The van der Waals surface area contributed by atoms with Crippen molar-refractivity contribution in [2.75, 3.05) is 0 Å². The molecule has 1 aromatic heterocycles. The molecule has 0 saturated heterocycles. The van der Waals surface area contributed by atoms with Crippen molar-refractivity contribution in [3.8, 4) is 0 Å². The number of hydrogen-bond donors (Lipinski definition) is 4. The summed E-state index contributed by atoms with van der Waals surface area (Å²) in [6.07, 6.45) is 0.709. The standard InChI is InChI=1S/C4H3FN2O2.H2N3/c5-2-1-6-4(9)7-3(2)8;1-3-2/h1H,(H2,6,7,8,9);1-2H/q;+1. The highest BCUT2D eigenvalue weighted by atomic mass is 19.1. The molecular formula is C4H5FN5O2+. The maximum Gasteiger partial charge on any atom is 0.325 e. The van der Waals surface area contributed by atoms with Crippen molar-refractivity contribution in [1.82, 2.24) is 14.9 Å². The first-order valence-electron chi connectivity index (χ1n) is 2.62. The lowest BCUT2D eigenvalue weighted by atomic mass is 10.6. The Morgan fingerprint density at radius 3 is 2.25 bits per heavy atom. The van der Waals surface area contributed by atoms with Crippen molar-refractivity contribution in [1.29, 1.82) is 11.1 Å². The van der Waals surface area contributed by atoms with Gasteiger partial charge in [0.1, 0.15) is 11.1 Å². The maximum absolute atomic E-state index is 12.0. The van der Waals surface area contributed by atoms with Gasteiger partial charge in [0, 0.05) is 6.20 Å². The lowest BCUT2D eigenvalue weighted by Crippen LogP contribution is -2.23. The van der Waals surface area contributed by atoms with E-state index >= 15 is 0 Å². The van der Waals surface area contributed by atoms with Gasteiger partial charge >= 0.3 is 5.69 Å². The first-order chi connectivity index (χ1) is 5.61. The van der Waals surface area contributed by atoms with Crippen molar-refractivity contribution in [3.05, 3.63) is 32.9 Å². The van der Waals surface area contributed by atoms with Gasteiger partial charge < -0.3 is 4.98 Å². The van der Waals surface area contributed by atoms with Crippen LogP contribution in [0.2, 0.25) is 0 Å². The second-order valence-electron chi connectivity index (χ2n) is 1.53. The van der Waals surface area contributed by atoms with Crippen LogP contribution in [-0.2, 0) is 0 Å². The van der Waals surface area contributed by atoms with E-state index in [-0.39, 0.29) is 0 Å². The highest BCUT2D eigenvalue weighted by Gasteiger charge is 1.93. The molecule has 0 spiro atoms. The summed E-state index contributed by atoms with van der Waals surface area (Å²) in [7, 11) is 0. The molecule has 0 amide bonds. The van der Waals surface area contributed by atoms with E-state index in [4.69, 9.17) is 11.1 Å². The van der Waals surface area contributed by atoms with Gasteiger partial charge in [-0.15, -0.1) is 0 Å². The summed E-state index contributed by atoms with van der Waals surface area (Å²) in [6, 6.07) is 0. The van der Waals surface area contributed by atoms with E-state index in [0.29, 0.717) is 6.20 Å². The molecule has 0 bridgehead atoms. The molecule has 0 aliphatic heterocycles. The van der Waals surface area contributed by atoms with Gasteiger partial charge in [0.05, 0.1) is 0 Å². The van der Waals surface area contributed by atoms with Gasteiger partial charge in [-0.3, -0.25) is 9.78 Å². The van der Waals surface area contributed by atoms with Gasteiger partial charge in [0.25, 0.3) is 5.56 Å². The molecule has 0 unspecified atom stereocenters. The zero-order valence-electron chi connectivity index (χ0n) is 5.72. The van der Waals surface area contributed by atoms with Gasteiger partial charge in [-0.05, 0) is 0 Å². The zero-order chi connectivity index (χ0) is 9.56. The third-order valence-electron chi connectivity index (χ3n) is 0.774. The number of hydrogen-bond acceptors (Lipinski definition) is 4. The molecule has 1 heterocycles. The monoisotopic (exact) mass is 174 g/mol. The van der Waals surface area contributed by atoms with Crippen LogP contribution < -0.4 is 16.2 Å². The quantitative estimate of drug-likeness (QED) is 0.307. The highest BCUT2D eigenvalue weighted by molar-refractivity contribution is 4.83. The minimum atomic E-state index is -1.00. The van der Waals surface area contributed by atoms with Gasteiger partial charge in [-0.25, -0.2) is 4.79 Å². The fourth-order valence-corrected chi connectivity index (χ4v) is 0.393. The summed E-state index contributed by atoms with van der Waals surface area (Å²) in [5.74, 6) is -0.991. The summed E-state index contributed by atoms with van der Waals surface area (Å²) in [6.45, 7) is 0. The summed E-state index contributed by atoms with van der Waals surface area (Å²) in [5, 5.41) is 0. The third-order valence-corrected chi connectivity index (χ3v) is 0.774. The van der Waals surface area contributed by atoms with Gasteiger partial charge in [-0.2, -0.15) is 4.39 Å². The molecule has 0 atom stereocenters. The van der Waals surface area contributed by atoms with Gasteiger partial charge in [0.2, 0.25) is 10.7 Å². The van der Waals surface area contributed by atoms with Crippen LogP contribution in [0.3, 0.4) is 0 Å². The molecule has 0 fully saturated rings. The van der Waals surface area contributed by atoms with Crippen LogP contribution in [-0.4, -0.2) is 9.97 Å². The SMILES string of the molecule is N=[N+]=N.O=c1[nH]cc(F)c(=O)[nH]1. The number of halogens is 1. The molecule has 12 heavy (non-hydrogen) atoms. The average Bonchev–Trinajstić information content (AvgIpc) is 1.99. The molecule has 64 valence electrons. The second kappa shape index (κ2) is 4.69. The lowest BCUT2D eigenvalue weighted by Gasteiger charge is -1.81. The molecule has 1 rings (SSSR count). The Morgan fingerprint density at radius 1 is 1.42 bits per heavy atom. The number of aromatic amines is 2. The Hall–Kier alpha value is -2.08. The van der Waals surface area contributed by atoms with E-state index in [0.717, 1.165) is 0 Å². The van der Waals surface area contributed by atoms with Crippen LogP contribution in [0.25, 0.3) is 0 Å². The highest BCUT2D eigenvalue weighted by Crippen LogP contribution is 1.74. The fourth-order valence-electron chi connectivity index (χ4n) is 0.393. The second-order valence-corrected chi connectivity index (χ2v) is 1.53. The van der Waals surface area contributed by atoms with E-state index in [2.05, 4.69) is 0 Å². The van der Waals surface area contributed by atoms with Crippen LogP contribution in [0.4, 0.5) is 4.39 Å². The predicted molar refractivity (Wildman–Crippen MR) is 35.2 cm³/mol. The first-order valence-corrected chi connectivity index (χ1v) is 2.62. The van der Waals surface area contributed by atoms with Crippen LogP contribution in [0.5, 0.6) is 0 Å². The van der Waals surface area contributed by atoms with Crippen molar-refractivity contribution in [2.24, 2.45) is 0 Å². The van der Waals surface area contributed by atoms with Crippen LogP contribution in [0.15, 0.2) is 15.8 Å². The summed E-state index contributed by atoms with van der Waals surface area (Å²) in [4.78, 5) is 26.0. The minimum absolute atomic E-state index is 0.707. The Labute approximate surface area is 64.3 Å². The zero-order valence-corrected chi connectivity index (χ0v) is 5.72. The van der Waals surface area contributed by atoms with Crippen molar-refractivity contribution < 1.29 is 4.39 Å². The topological polar surface area (TPSA) is 128 Å². The first kappa shape index (κ1) is 9.92. The van der Waals surface area contributed by atoms with Crippen molar-refractivity contribution in [2.45, 2.75) is 0 Å². The fraction of sp³-hybridized carbons (Fsp3) is 0. The number of aromatic nitrogens is 2. The molecule has 0 aliphatic carbocycles. The molecular weight excluding hydrogens is 169 g/mol. The summed E-state index contributed by atoms with van der Waals surface area (Å²) in [5.41, 5.74) is 9.29. The molecule has 7 nitrogen and oxygen atoms in total. The normalized spacial score (nSPS) is 7.75. The van der Waals surface area contributed by atoms with Crippen LogP contribution in [0, 0.1) is 16.9 Å². The predicted octanol–water partition coefficient (Wildman–Crippen LogP) is -0.682. The lowest BCUT2D eigenvalue weighted by molar-refractivity contribution is 0.597. The molecule has 0 saturated carbocycles. The Morgan fingerprint density at radius 2 is 1.92 bits per heavy atom. The molecule has 0 radical (unpaired) electrons. The van der Waals surface area contributed by atoms with E-state index in [1.165, 1.54) is 0 Å². The Bertz CT molecular complexity index is 387. The average molecular weight is 174 g/mol. The molecule has 0 aromatic carbocycles. The van der Waals surface area contributed by atoms with Crippen molar-refractivity contribution in [3.63, 3.8) is 0 Å². The van der Waals surface area contributed by atoms with E-state index in [9.17, 15) is 14.0 Å². The number of nitrogens with one attached hydrogen (secondary N) is 4. The largest absolute Gasteiger partial charge is 0.325 e. The van der Waals surface area contributed by atoms with Gasteiger partial charge in [-0.1, -0.05) is 0 Å². The maximum atomic E-state index is 12.0. The Kier molecular flexibility index (Phi) is 3.88. The number of nitrogens with zero attached hydrogens (tertiary/aromatic N) is 1. The number of rotatable bonds is 0. The molecule has 4 N–H and O–H groups in total. The van der Waals surface area contributed by atoms with E-state index in [1.807, 2.05) is 9.90 Å². The number of H-pyrrole nitrogens is 2. The van der Waals surface area contributed by atoms with E-state index < -0.39 is 17.1 Å².